The molecule has 2 aromatic heterocycles. The maximum Gasteiger partial charge on any atom is 0.320 e. The Balaban J connectivity index is 0.000000177. The molecule has 1 atom stereocenters. The summed E-state index contributed by atoms with van der Waals surface area (Å²) < 4.78 is 0. The van der Waals surface area contributed by atoms with Crippen molar-refractivity contribution < 1.29 is 9.90 Å². The number of pyridine rings is 2. The van der Waals surface area contributed by atoms with Gasteiger partial charge >= 0.3 is 5.97 Å². The number of carboxylic acid groups (broad SMARTS) is 1. The molecule has 2 heterocycles. The number of nitrogens with zero attached hydrogens (tertiary/aromatic N) is 2. The number of aromatic nitrogens is 2. The molecule has 0 radical (unpaired) electrons. The highest BCUT2D eigenvalue weighted by Gasteiger charge is 2.19. The quantitative estimate of drug-likeness (QED) is 0.752. The summed E-state index contributed by atoms with van der Waals surface area (Å²) in [5, 5.41) is 8.23. The van der Waals surface area contributed by atoms with Crippen LogP contribution in [0.25, 0.3) is 11.4 Å². The van der Waals surface area contributed by atoms with Gasteiger partial charge in [-0.2, -0.15) is 0 Å². The number of fused-ring (bicyclic) bond motifs is 3. The average Bonchev–Trinajstić information content (AvgIpc) is 2.85. The lowest BCUT2D eigenvalue weighted by Crippen LogP contribution is -2.34. The predicted octanol–water partition coefficient (Wildman–Crippen LogP) is 2.10. The zero-order chi connectivity index (χ0) is 15.4. The molecule has 1 aliphatic rings. The Labute approximate surface area is 123 Å². The molecule has 0 bridgehead atoms. The van der Waals surface area contributed by atoms with Crippen LogP contribution >= 0.6 is 0 Å². The molecule has 21 heavy (non-hydrogen) atoms. The third-order valence-corrected chi connectivity index (χ3v) is 3.39. The van der Waals surface area contributed by atoms with Crippen LogP contribution in [0.1, 0.15) is 25.0 Å². The lowest BCUT2D eigenvalue weighted by molar-refractivity contribution is -0.139. The molecule has 0 saturated carbocycles. The fourth-order valence-electron chi connectivity index (χ4n) is 2.08. The van der Waals surface area contributed by atoms with Crippen molar-refractivity contribution in [3.8, 4) is 11.4 Å². The van der Waals surface area contributed by atoms with Crippen LogP contribution in [-0.2, 0) is 11.2 Å². The Bertz CT molecular complexity index is 597. The average molecular weight is 285 g/mol. The standard InChI is InChI=1S/C11H8N2.C5H11NO2/c1-3-8-7-9-4-2-6-13-11(9)10(8)12-5-1;1-3(2)4(6)5(7)8/h1-6H,7H2;3-4H,6H2,1-2H3,(H,7,8)/t;4-/m.0/s1. The molecule has 5 heteroatoms. The predicted molar refractivity (Wildman–Crippen MR) is 80.7 cm³/mol. The number of nitrogens with two attached hydrogens (primary N) is 1. The number of carbonyl (C=O) groups is 1. The molecule has 0 amide bonds. The van der Waals surface area contributed by atoms with E-state index in [1.54, 1.807) is 13.8 Å². The number of hydrogen-bond donors (Lipinski definition) is 2. The van der Waals surface area contributed by atoms with Crippen molar-refractivity contribution in [2.45, 2.75) is 26.3 Å². The lowest BCUT2D eigenvalue weighted by atomic mass is 10.1. The van der Waals surface area contributed by atoms with E-state index in [4.69, 9.17) is 10.8 Å². The molecule has 0 aromatic carbocycles. The molecule has 3 rings (SSSR count). The second-order valence-corrected chi connectivity index (χ2v) is 5.31. The van der Waals surface area contributed by atoms with E-state index in [2.05, 4.69) is 22.1 Å². The Morgan fingerprint density at radius 2 is 1.62 bits per heavy atom. The van der Waals surface area contributed by atoms with Gasteiger partial charge < -0.3 is 10.8 Å². The summed E-state index contributed by atoms with van der Waals surface area (Å²) in [6.45, 7) is 3.55. The number of hydrogen-bond acceptors (Lipinski definition) is 4. The maximum atomic E-state index is 10.0. The second kappa shape index (κ2) is 6.45. The molecular formula is C16H19N3O2. The van der Waals surface area contributed by atoms with Crippen molar-refractivity contribution in [3.63, 3.8) is 0 Å². The summed E-state index contributed by atoms with van der Waals surface area (Å²) in [4.78, 5) is 18.7. The largest absolute Gasteiger partial charge is 0.480 e. The van der Waals surface area contributed by atoms with Crippen LogP contribution in [0.5, 0.6) is 0 Å². The van der Waals surface area contributed by atoms with Crippen molar-refractivity contribution in [2.75, 3.05) is 0 Å². The molecule has 0 spiro atoms. The third-order valence-electron chi connectivity index (χ3n) is 3.39. The minimum absolute atomic E-state index is 0.0208. The van der Waals surface area contributed by atoms with E-state index < -0.39 is 12.0 Å². The van der Waals surface area contributed by atoms with Crippen molar-refractivity contribution >= 4 is 5.97 Å². The van der Waals surface area contributed by atoms with Crippen molar-refractivity contribution in [2.24, 2.45) is 11.7 Å². The van der Waals surface area contributed by atoms with E-state index in [1.165, 1.54) is 11.1 Å². The first-order valence-corrected chi connectivity index (χ1v) is 6.87. The van der Waals surface area contributed by atoms with E-state index in [0.717, 1.165) is 17.8 Å². The molecule has 0 saturated heterocycles. The number of carboxylic acids is 1. The lowest BCUT2D eigenvalue weighted by Gasteiger charge is -2.07. The van der Waals surface area contributed by atoms with Crippen LogP contribution in [0, 0.1) is 5.92 Å². The van der Waals surface area contributed by atoms with Gasteiger partial charge in [-0.3, -0.25) is 14.8 Å². The van der Waals surface area contributed by atoms with E-state index in [-0.39, 0.29) is 5.92 Å². The van der Waals surface area contributed by atoms with E-state index >= 15 is 0 Å². The van der Waals surface area contributed by atoms with Gasteiger partial charge in [-0.15, -0.1) is 0 Å². The Hall–Kier alpha value is -2.27. The first-order chi connectivity index (χ1) is 10.0. The molecule has 3 N–H and O–H groups in total. The summed E-state index contributed by atoms with van der Waals surface area (Å²) in [5.41, 5.74) is 9.84. The molecule has 0 aliphatic heterocycles. The number of aliphatic carboxylic acids is 1. The molecule has 0 unspecified atom stereocenters. The monoisotopic (exact) mass is 285 g/mol. The van der Waals surface area contributed by atoms with Gasteiger partial charge in [-0.1, -0.05) is 26.0 Å². The van der Waals surface area contributed by atoms with Crippen molar-refractivity contribution in [3.05, 3.63) is 47.8 Å². The van der Waals surface area contributed by atoms with Crippen molar-refractivity contribution in [1.82, 2.24) is 9.97 Å². The zero-order valence-corrected chi connectivity index (χ0v) is 12.2. The minimum Gasteiger partial charge on any atom is -0.480 e. The summed E-state index contributed by atoms with van der Waals surface area (Å²) >= 11 is 0. The highest BCUT2D eigenvalue weighted by Crippen LogP contribution is 2.31. The van der Waals surface area contributed by atoms with Crippen LogP contribution in [0.2, 0.25) is 0 Å². The van der Waals surface area contributed by atoms with Crippen LogP contribution in [0.4, 0.5) is 0 Å². The van der Waals surface area contributed by atoms with E-state index in [9.17, 15) is 4.79 Å². The van der Waals surface area contributed by atoms with Crippen LogP contribution in [-0.4, -0.2) is 27.1 Å². The van der Waals surface area contributed by atoms with Crippen molar-refractivity contribution in [1.29, 1.82) is 0 Å². The van der Waals surface area contributed by atoms with Crippen LogP contribution in [0.15, 0.2) is 36.7 Å². The first-order valence-electron chi connectivity index (χ1n) is 6.87. The molecule has 5 nitrogen and oxygen atoms in total. The molecular weight excluding hydrogens is 266 g/mol. The van der Waals surface area contributed by atoms with Gasteiger partial charge in [0, 0.05) is 18.8 Å². The van der Waals surface area contributed by atoms with Gasteiger partial charge in [0.05, 0.1) is 11.4 Å². The van der Waals surface area contributed by atoms with Gasteiger partial charge in [0.25, 0.3) is 0 Å². The smallest absolute Gasteiger partial charge is 0.320 e. The minimum atomic E-state index is -0.931. The fraction of sp³-hybridized carbons (Fsp3) is 0.312. The Morgan fingerprint density at radius 1 is 1.14 bits per heavy atom. The second-order valence-electron chi connectivity index (χ2n) is 5.31. The normalized spacial score (nSPS) is 13.0. The summed E-state index contributed by atoms with van der Waals surface area (Å²) in [7, 11) is 0. The molecule has 2 aromatic rings. The van der Waals surface area contributed by atoms with Gasteiger partial charge in [0.2, 0.25) is 0 Å². The van der Waals surface area contributed by atoms with Crippen LogP contribution < -0.4 is 5.73 Å². The van der Waals surface area contributed by atoms with Gasteiger partial charge in [0.15, 0.2) is 0 Å². The molecule has 0 fully saturated rings. The van der Waals surface area contributed by atoms with Gasteiger partial charge in [-0.25, -0.2) is 0 Å². The van der Waals surface area contributed by atoms with Crippen LogP contribution in [0.3, 0.4) is 0 Å². The summed E-state index contributed by atoms with van der Waals surface area (Å²) in [5.74, 6) is -0.910. The topological polar surface area (TPSA) is 89.1 Å². The third kappa shape index (κ3) is 3.44. The maximum absolute atomic E-state index is 10.0. The van der Waals surface area contributed by atoms with E-state index in [0.29, 0.717) is 0 Å². The summed E-state index contributed by atoms with van der Waals surface area (Å²) in [6.07, 6.45) is 4.62. The molecule has 110 valence electrons. The molecule has 1 aliphatic carbocycles. The highest BCUT2D eigenvalue weighted by molar-refractivity contribution is 5.73. The SMILES string of the molecule is CC(C)[C@H](N)C(=O)O.c1cnc2c(c1)Cc1cccnc1-2. The zero-order valence-electron chi connectivity index (χ0n) is 12.2. The fourth-order valence-corrected chi connectivity index (χ4v) is 2.08. The highest BCUT2D eigenvalue weighted by atomic mass is 16.4. The Kier molecular flexibility index (Phi) is 4.65. The van der Waals surface area contributed by atoms with E-state index in [1.807, 2.05) is 24.5 Å². The van der Waals surface area contributed by atoms with Gasteiger partial charge in [-0.05, 0) is 29.2 Å². The van der Waals surface area contributed by atoms with Gasteiger partial charge in [0.1, 0.15) is 6.04 Å². The summed E-state index contributed by atoms with van der Waals surface area (Å²) in [6, 6.07) is 7.47. The Morgan fingerprint density at radius 3 is 1.95 bits per heavy atom. The number of rotatable bonds is 2. The first kappa shape index (κ1) is 15.1.